The number of rotatable bonds is 4. The van der Waals surface area contributed by atoms with Gasteiger partial charge in [0.15, 0.2) is 0 Å². The number of hydrogen-bond acceptors (Lipinski definition) is 3. The first-order chi connectivity index (χ1) is 9.74. The summed E-state index contributed by atoms with van der Waals surface area (Å²) >= 11 is 5.91. The van der Waals surface area contributed by atoms with Gasteiger partial charge in [-0.15, -0.1) is 0 Å². The van der Waals surface area contributed by atoms with E-state index in [1.165, 1.54) is 0 Å². The number of nitrogens with zero attached hydrogens (tertiary/aromatic N) is 3. The standard InChI is InChI=1S/C14H13ClN4O/c15-11-2-1-3-12(10-11)16-6-7-18-8-9-19-13(14(18)20)4-5-17-19/h1-5,8-10,16H,6-7H2. The van der Waals surface area contributed by atoms with E-state index in [9.17, 15) is 4.79 Å². The van der Waals surface area contributed by atoms with E-state index in [1.54, 1.807) is 33.7 Å². The molecule has 0 aliphatic rings. The van der Waals surface area contributed by atoms with Gasteiger partial charge in [-0.2, -0.15) is 5.10 Å². The second-order valence-electron chi connectivity index (χ2n) is 4.39. The van der Waals surface area contributed by atoms with Crippen molar-refractivity contribution < 1.29 is 0 Å². The Morgan fingerprint density at radius 3 is 3.00 bits per heavy atom. The number of halogens is 1. The fraction of sp³-hybridized carbons (Fsp3) is 0.143. The fourth-order valence-electron chi connectivity index (χ4n) is 2.06. The quantitative estimate of drug-likeness (QED) is 0.801. The van der Waals surface area contributed by atoms with Gasteiger partial charge in [-0.05, 0) is 24.3 Å². The van der Waals surface area contributed by atoms with Crippen molar-refractivity contribution in [3.63, 3.8) is 0 Å². The summed E-state index contributed by atoms with van der Waals surface area (Å²) < 4.78 is 3.23. The largest absolute Gasteiger partial charge is 0.383 e. The van der Waals surface area contributed by atoms with Gasteiger partial charge in [0.1, 0.15) is 5.52 Å². The van der Waals surface area contributed by atoms with E-state index in [1.807, 2.05) is 24.3 Å². The van der Waals surface area contributed by atoms with Crippen LogP contribution in [-0.4, -0.2) is 20.7 Å². The van der Waals surface area contributed by atoms with Crippen LogP contribution in [0.15, 0.2) is 53.7 Å². The average molecular weight is 289 g/mol. The van der Waals surface area contributed by atoms with E-state index in [-0.39, 0.29) is 5.56 Å². The molecular formula is C14H13ClN4O. The normalized spacial score (nSPS) is 10.8. The number of fused-ring (bicyclic) bond motifs is 1. The Morgan fingerprint density at radius 2 is 2.15 bits per heavy atom. The third kappa shape index (κ3) is 2.53. The van der Waals surface area contributed by atoms with E-state index < -0.39 is 0 Å². The van der Waals surface area contributed by atoms with E-state index in [0.29, 0.717) is 23.6 Å². The summed E-state index contributed by atoms with van der Waals surface area (Å²) in [5, 5.41) is 7.96. The molecule has 0 radical (unpaired) electrons. The maximum atomic E-state index is 12.1. The molecule has 0 atom stereocenters. The van der Waals surface area contributed by atoms with Crippen LogP contribution in [0.2, 0.25) is 5.02 Å². The highest BCUT2D eigenvalue weighted by atomic mass is 35.5. The van der Waals surface area contributed by atoms with Crippen molar-refractivity contribution in [3.05, 3.63) is 64.3 Å². The zero-order valence-corrected chi connectivity index (χ0v) is 11.4. The van der Waals surface area contributed by atoms with Gasteiger partial charge in [0.2, 0.25) is 0 Å². The molecule has 0 spiro atoms. The van der Waals surface area contributed by atoms with Gasteiger partial charge in [0, 0.05) is 36.2 Å². The van der Waals surface area contributed by atoms with Crippen LogP contribution in [0.25, 0.3) is 5.52 Å². The molecule has 0 fully saturated rings. The molecule has 0 unspecified atom stereocenters. The molecule has 3 aromatic rings. The monoisotopic (exact) mass is 288 g/mol. The van der Waals surface area contributed by atoms with Crippen molar-refractivity contribution >= 4 is 22.8 Å². The smallest absolute Gasteiger partial charge is 0.276 e. The summed E-state index contributed by atoms with van der Waals surface area (Å²) in [4.78, 5) is 12.1. The molecular weight excluding hydrogens is 276 g/mol. The molecule has 3 rings (SSSR count). The maximum Gasteiger partial charge on any atom is 0.276 e. The predicted molar refractivity (Wildman–Crippen MR) is 79.4 cm³/mol. The van der Waals surface area contributed by atoms with Gasteiger partial charge in [-0.25, -0.2) is 4.52 Å². The molecule has 102 valence electrons. The molecule has 1 aromatic carbocycles. The first-order valence-corrected chi connectivity index (χ1v) is 6.64. The minimum Gasteiger partial charge on any atom is -0.383 e. The number of benzene rings is 1. The lowest BCUT2D eigenvalue weighted by Gasteiger charge is -2.09. The average Bonchev–Trinajstić information content (AvgIpc) is 2.91. The summed E-state index contributed by atoms with van der Waals surface area (Å²) in [7, 11) is 0. The minimum absolute atomic E-state index is 0.0436. The highest BCUT2D eigenvalue weighted by Crippen LogP contribution is 2.14. The van der Waals surface area contributed by atoms with Crippen LogP contribution in [-0.2, 0) is 6.54 Å². The zero-order chi connectivity index (χ0) is 13.9. The van der Waals surface area contributed by atoms with Gasteiger partial charge in [0.25, 0.3) is 5.56 Å². The first-order valence-electron chi connectivity index (χ1n) is 6.26. The number of hydrogen-bond donors (Lipinski definition) is 1. The Balaban J connectivity index is 1.71. The Bertz CT molecular complexity index is 793. The van der Waals surface area contributed by atoms with Crippen molar-refractivity contribution in [1.29, 1.82) is 0 Å². The van der Waals surface area contributed by atoms with Gasteiger partial charge in [-0.3, -0.25) is 4.79 Å². The summed E-state index contributed by atoms with van der Waals surface area (Å²) in [6, 6.07) is 9.21. The van der Waals surface area contributed by atoms with E-state index >= 15 is 0 Å². The van der Waals surface area contributed by atoms with Crippen LogP contribution in [0.5, 0.6) is 0 Å². The lowest BCUT2D eigenvalue weighted by atomic mass is 10.3. The molecule has 2 heterocycles. The van der Waals surface area contributed by atoms with E-state index in [4.69, 9.17) is 11.6 Å². The molecule has 0 aliphatic heterocycles. The highest BCUT2D eigenvalue weighted by Gasteiger charge is 2.02. The zero-order valence-electron chi connectivity index (χ0n) is 10.7. The number of nitrogens with one attached hydrogen (secondary N) is 1. The van der Waals surface area contributed by atoms with Crippen LogP contribution in [0, 0.1) is 0 Å². The van der Waals surface area contributed by atoms with Gasteiger partial charge >= 0.3 is 0 Å². The van der Waals surface area contributed by atoms with Gasteiger partial charge in [0.05, 0.1) is 6.20 Å². The highest BCUT2D eigenvalue weighted by molar-refractivity contribution is 6.30. The molecule has 0 aliphatic carbocycles. The molecule has 1 N–H and O–H groups in total. The second-order valence-corrected chi connectivity index (χ2v) is 4.83. The maximum absolute atomic E-state index is 12.1. The Hall–Kier alpha value is -2.27. The molecule has 0 bridgehead atoms. The fourth-order valence-corrected chi connectivity index (χ4v) is 2.25. The number of anilines is 1. The van der Waals surface area contributed by atoms with Crippen LogP contribution in [0.3, 0.4) is 0 Å². The Morgan fingerprint density at radius 1 is 1.25 bits per heavy atom. The van der Waals surface area contributed by atoms with Crippen molar-refractivity contribution in [2.75, 3.05) is 11.9 Å². The van der Waals surface area contributed by atoms with Crippen molar-refractivity contribution in [3.8, 4) is 0 Å². The Kier molecular flexibility index (Phi) is 3.43. The van der Waals surface area contributed by atoms with Crippen molar-refractivity contribution in [1.82, 2.24) is 14.2 Å². The third-order valence-electron chi connectivity index (χ3n) is 3.04. The lowest BCUT2D eigenvalue weighted by Crippen LogP contribution is -2.24. The second kappa shape index (κ2) is 5.38. The molecule has 20 heavy (non-hydrogen) atoms. The molecule has 0 amide bonds. The summed E-state index contributed by atoms with van der Waals surface area (Å²) in [5.74, 6) is 0. The topological polar surface area (TPSA) is 51.3 Å². The molecule has 0 saturated carbocycles. The molecule has 6 heteroatoms. The summed E-state index contributed by atoms with van der Waals surface area (Å²) in [6.45, 7) is 1.22. The van der Waals surface area contributed by atoms with Crippen LogP contribution >= 0.6 is 11.6 Å². The van der Waals surface area contributed by atoms with Crippen LogP contribution in [0.1, 0.15) is 0 Å². The predicted octanol–water partition coefficient (Wildman–Crippen LogP) is 2.26. The SMILES string of the molecule is O=c1c2ccnn2ccn1CCNc1cccc(Cl)c1. The molecule has 2 aromatic heterocycles. The summed E-state index contributed by atoms with van der Waals surface area (Å²) in [6.07, 6.45) is 5.13. The van der Waals surface area contributed by atoms with Crippen LogP contribution < -0.4 is 10.9 Å². The van der Waals surface area contributed by atoms with Crippen LogP contribution in [0.4, 0.5) is 5.69 Å². The van der Waals surface area contributed by atoms with Crippen molar-refractivity contribution in [2.45, 2.75) is 6.54 Å². The Labute approximate surface area is 120 Å². The minimum atomic E-state index is -0.0436. The lowest BCUT2D eigenvalue weighted by molar-refractivity contribution is 0.688. The van der Waals surface area contributed by atoms with Gasteiger partial charge in [-0.1, -0.05) is 17.7 Å². The van der Waals surface area contributed by atoms with E-state index in [2.05, 4.69) is 10.4 Å². The van der Waals surface area contributed by atoms with Crippen molar-refractivity contribution in [2.24, 2.45) is 0 Å². The van der Waals surface area contributed by atoms with Gasteiger partial charge < -0.3 is 9.88 Å². The van der Waals surface area contributed by atoms with E-state index in [0.717, 1.165) is 5.69 Å². The number of aromatic nitrogens is 3. The molecule has 5 nitrogen and oxygen atoms in total. The summed E-state index contributed by atoms with van der Waals surface area (Å²) in [5.41, 5.74) is 1.48. The first kappa shape index (κ1) is 12.7. The third-order valence-corrected chi connectivity index (χ3v) is 3.28. The molecule has 0 saturated heterocycles.